The lowest BCUT2D eigenvalue weighted by Crippen LogP contribution is -2.37. The summed E-state index contributed by atoms with van der Waals surface area (Å²) < 4.78 is 0. The van der Waals surface area contributed by atoms with Crippen molar-refractivity contribution in [1.29, 1.82) is 0 Å². The van der Waals surface area contributed by atoms with Crippen LogP contribution in [0.5, 0.6) is 0 Å². The molecule has 3 nitrogen and oxygen atoms in total. The van der Waals surface area contributed by atoms with Crippen molar-refractivity contribution in [3.63, 3.8) is 0 Å². The van der Waals surface area contributed by atoms with Crippen molar-refractivity contribution in [3.8, 4) is 0 Å². The monoisotopic (exact) mass is 168 g/mol. The van der Waals surface area contributed by atoms with Gasteiger partial charge in [-0.25, -0.2) is 0 Å². The zero-order valence-corrected chi connectivity index (χ0v) is 7.76. The number of hydrogen-bond acceptors (Lipinski definition) is 2. The Morgan fingerprint density at radius 2 is 2.33 bits per heavy atom. The minimum atomic E-state index is -0.108. The molecule has 0 bridgehead atoms. The molecule has 2 aliphatic rings. The van der Waals surface area contributed by atoms with Crippen LogP contribution in [0.15, 0.2) is 0 Å². The highest BCUT2D eigenvalue weighted by Gasteiger charge is 2.56. The SMILES string of the molecule is CCC(C)N1CNC2(CC2)C1=O. The highest BCUT2D eigenvalue weighted by atomic mass is 16.2. The summed E-state index contributed by atoms with van der Waals surface area (Å²) in [6.07, 6.45) is 3.13. The Balaban J connectivity index is 2.06. The van der Waals surface area contributed by atoms with Gasteiger partial charge in [-0.3, -0.25) is 10.1 Å². The van der Waals surface area contributed by atoms with E-state index in [1.54, 1.807) is 0 Å². The Bertz CT molecular complexity index is 211. The van der Waals surface area contributed by atoms with E-state index in [0.717, 1.165) is 25.9 Å². The van der Waals surface area contributed by atoms with Crippen molar-refractivity contribution in [3.05, 3.63) is 0 Å². The lowest BCUT2D eigenvalue weighted by molar-refractivity contribution is -0.131. The molecule has 1 amide bonds. The van der Waals surface area contributed by atoms with Crippen LogP contribution in [0.1, 0.15) is 33.1 Å². The molecule has 1 aliphatic heterocycles. The van der Waals surface area contributed by atoms with Gasteiger partial charge in [-0.2, -0.15) is 0 Å². The first-order chi connectivity index (χ1) is 5.69. The van der Waals surface area contributed by atoms with Crippen molar-refractivity contribution < 1.29 is 4.79 Å². The second-order valence-electron chi connectivity index (χ2n) is 3.95. The number of nitrogens with one attached hydrogen (secondary N) is 1. The molecule has 2 fully saturated rings. The molecule has 0 aromatic heterocycles. The smallest absolute Gasteiger partial charge is 0.244 e. The van der Waals surface area contributed by atoms with Crippen LogP contribution in [-0.4, -0.2) is 29.1 Å². The van der Waals surface area contributed by atoms with Crippen molar-refractivity contribution in [2.24, 2.45) is 0 Å². The van der Waals surface area contributed by atoms with Crippen LogP contribution in [0, 0.1) is 0 Å². The minimum absolute atomic E-state index is 0.108. The fourth-order valence-corrected chi connectivity index (χ4v) is 1.75. The fraction of sp³-hybridized carbons (Fsp3) is 0.889. The zero-order valence-electron chi connectivity index (χ0n) is 7.76. The molecule has 3 heteroatoms. The van der Waals surface area contributed by atoms with Gasteiger partial charge in [-0.15, -0.1) is 0 Å². The maximum atomic E-state index is 11.8. The maximum absolute atomic E-state index is 11.8. The number of nitrogens with zero attached hydrogens (tertiary/aromatic N) is 1. The molecule has 1 spiro atoms. The summed E-state index contributed by atoms with van der Waals surface area (Å²) in [5, 5.41) is 3.30. The van der Waals surface area contributed by atoms with Gasteiger partial charge in [0.05, 0.1) is 12.2 Å². The Morgan fingerprint density at radius 1 is 1.67 bits per heavy atom. The van der Waals surface area contributed by atoms with Crippen LogP contribution in [0.2, 0.25) is 0 Å². The van der Waals surface area contributed by atoms with Crippen LogP contribution in [0.25, 0.3) is 0 Å². The number of carbonyl (C=O) groups is 1. The topological polar surface area (TPSA) is 32.3 Å². The highest BCUT2D eigenvalue weighted by molar-refractivity contribution is 5.91. The van der Waals surface area contributed by atoms with Gasteiger partial charge in [0.1, 0.15) is 0 Å². The van der Waals surface area contributed by atoms with Crippen molar-refractivity contribution in [2.45, 2.75) is 44.7 Å². The molecular weight excluding hydrogens is 152 g/mol. The first kappa shape index (κ1) is 8.05. The van der Waals surface area contributed by atoms with Crippen LogP contribution in [0.3, 0.4) is 0 Å². The van der Waals surface area contributed by atoms with E-state index in [4.69, 9.17) is 0 Å². The second-order valence-corrected chi connectivity index (χ2v) is 3.95. The van der Waals surface area contributed by atoms with Gasteiger partial charge < -0.3 is 4.90 Å². The predicted octanol–water partition coefficient (Wildman–Crippen LogP) is 0.707. The Labute approximate surface area is 73.1 Å². The van der Waals surface area contributed by atoms with E-state index in [0.29, 0.717) is 11.9 Å². The van der Waals surface area contributed by atoms with Gasteiger partial charge in [-0.05, 0) is 26.2 Å². The van der Waals surface area contributed by atoms with Gasteiger partial charge in [0.15, 0.2) is 0 Å². The standard InChI is InChI=1S/C9H16N2O/c1-3-7(2)11-6-10-9(4-5-9)8(11)12/h7,10H,3-6H2,1-2H3. The number of hydrogen-bond donors (Lipinski definition) is 1. The van der Waals surface area contributed by atoms with E-state index >= 15 is 0 Å². The molecule has 1 saturated carbocycles. The molecule has 0 aromatic carbocycles. The average molecular weight is 168 g/mol. The third kappa shape index (κ3) is 0.959. The normalized spacial score (nSPS) is 28.2. The molecule has 12 heavy (non-hydrogen) atoms. The van der Waals surface area contributed by atoms with Crippen LogP contribution < -0.4 is 5.32 Å². The quantitative estimate of drug-likeness (QED) is 0.658. The van der Waals surface area contributed by atoms with Gasteiger partial charge in [0.2, 0.25) is 5.91 Å². The Morgan fingerprint density at radius 3 is 2.75 bits per heavy atom. The fourth-order valence-electron chi connectivity index (χ4n) is 1.75. The van der Waals surface area contributed by atoms with Gasteiger partial charge in [-0.1, -0.05) is 6.92 Å². The first-order valence-electron chi connectivity index (χ1n) is 4.76. The third-order valence-corrected chi connectivity index (χ3v) is 3.13. The van der Waals surface area contributed by atoms with Crippen molar-refractivity contribution in [2.75, 3.05) is 6.67 Å². The summed E-state index contributed by atoms with van der Waals surface area (Å²) in [7, 11) is 0. The molecule has 1 saturated heterocycles. The van der Waals surface area contributed by atoms with E-state index in [2.05, 4.69) is 19.2 Å². The maximum Gasteiger partial charge on any atom is 0.244 e. The molecule has 0 aromatic rings. The number of carbonyl (C=O) groups excluding carboxylic acids is 1. The van der Waals surface area contributed by atoms with Crippen molar-refractivity contribution in [1.82, 2.24) is 10.2 Å². The second kappa shape index (κ2) is 2.46. The molecule has 2 rings (SSSR count). The van der Waals surface area contributed by atoms with Crippen LogP contribution in [-0.2, 0) is 4.79 Å². The summed E-state index contributed by atoms with van der Waals surface area (Å²) in [5.74, 6) is 0.330. The number of amides is 1. The zero-order chi connectivity index (χ0) is 8.77. The summed E-state index contributed by atoms with van der Waals surface area (Å²) in [4.78, 5) is 13.7. The molecular formula is C9H16N2O. The highest BCUT2D eigenvalue weighted by Crippen LogP contribution is 2.40. The Kier molecular flexibility index (Phi) is 1.65. The van der Waals surface area contributed by atoms with Gasteiger partial charge in [0, 0.05) is 6.04 Å². The largest absolute Gasteiger partial charge is 0.326 e. The van der Waals surface area contributed by atoms with Crippen LogP contribution >= 0.6 is 0 Å². The van der Waals surface area contributed by atoms with Gasteiger partial charge >= 0.3 is 0 Å². The summed E-state index contributed by atoms with van der Waals surface area (Å²) in [5.41, 5.74) is -0.108. The van der Waals surface area contributed by atoms with Crippen molar-refractivity contribution >= 4 is 5.91 Å². The molecule has 1 heterocycles. The molecule has 1 N–H and O–H groups in total. The molecule has 0 radical (unpaired) electrons. The number of rotatable bonds is 2. The lowest BCUT2D eigenvalue weighted by Gasteiger charge is -2.22. The third-order valence-electron chi connectivity index (χ3n) is 3.13. The molecule has 1 unspecified atom stereocenters. The van der Waals surface area contributed by atoms with Gasteiger partial charge in [0.25, 0.3) is 0 Å². The summed E-state index contributed by atoms with van der Waals surface area (Å²) in [6, 6.07) is 0.393. The summed E-state index contributed by atoms with van der Waals surface area (Å²) in [6.45, 7) is 4.99. The van der Waals surface area contributed by atoms with E-state index in [9.17, 15) is 4.79 Å². The van der Waals surface area contributed by atoms with E-state index in [-0.39, 0.29) is 5.54 Å². The van der Waals surface area contributed by atoms with E-state index in [1.165, 1.54) is 0 Å². The Hall–Kier alpha value is -0.570. The van der Waals surface area contributed by atoms with Crippen LogP contribution in [0.4, 0.5) is 0 Å². The molecule has 1 atom stereocenters. The predicted molar refractivity (Wildman–Crippen MR) is 46.6 cm³/mol. The lowest BCUT2D eigenvalue weighted by atomic mass is 10.2. The summed E-state index contributed by atoms with van der Waals surface area (Å²) >= 11 is 0. The molecule has 1 aliphatic carbocycles. The molecule has 68 valence electrons. The minimum Gasteiger partial charge on any atom is -0.326 e. The average Bonchev–Trinajstić information content (AvgIpc) is 2.78. The van der Waals surface area contributed by atoms with E-state index in [1.807, 2.05) is 4.90 Å². The van der Waals surface area contributed by atoms with E-state index < -0.39 is 0 Å². The first-order valence-corrected chi connectivity index (χ1v) is 4.76.